The van der Waals surface area contributed by atoms with Crippen LogP contribution in [0.1, 0.15) is 60.5 Å². The normalized spacial score (nSPS) is 14.8. The van der Waals surface area contributed by atoms with Gasteiger partial charge in [0.05, 0.1) is 11.6 Å². The number of nitrogens with one attached hydrogen (secondary N) is 3. The van der Waals surface area contributed by atoms with Crippen LogP contribution in [0.2, 0.25) is 0 Å². The Morgan fingerprint density at radius 2 is 1.80 bits per heavy atom. The largest absolute Gasteiger partial charge is 0.506 e. The lowest BCUT2D eigenvalue weighted by molar-refractivity contribution is -0.206. The minimum absolute atomic E-state index is 0.0768. The number of hydrogen-bond donors (Lipinski definition) is 5. The molecule has 1 aromatic heterocycles. The maximum atomic E-state index is 12.7. The zero-order valence-corrected chi connectivity index (χ0v) is 28.4. The average Bonchev–Trinajstić information content (AvgIpc) is 3.06. The highest BCUT2D eigenvalue weighted by Crippen LogP contribution is 2.29. The lowest BCUT2D eigenvalue weighted by Gasteiger charge is -2.31. The van der Waals surface area contributed by atoms with Crippen LogP contribution in [0.4, 0.5) is 18.9 Å². The quantitative estimate of drug-likeness (QED) is 0.157. The number of likely N-dealkylation sites (tertiary alicyclic amines) is 1. The van der Waals surface area contributed by atoms with Crippen LogP contribution in [-0.4, -0.2) is 94.8 Å². The number of pyridine rings is 1. The molecule has 15 heteroatoms. The Morgan fingerprint density at radius 3 is 2.50 bits per heavy atom. The number of aromatic amines is 1. The van der Waals surface area contributed by atoms with Gasteiger partial charge in [-0.05, 0) is 73.6 Å². The molecule has 0 unspecified atom stereocenters. The first-order valence-corrected chi connectivity index (χ1v) is 16.5. The third kappa shape index (κ3) is 10.5. The number of aromatic nitrogens is 1. The Hall–Kier alpha value is -4.47. The highest BCUT2D eigenvalue weighted by atomic mass is 19.4. The van der Waals surface area contributed by atoms with E-state index in [0.29, 0.717) is 55.8 Å². The van der Waals surface area contributed by atoms with E-state index in [1.807, 2.05) is 30.9 Å². The summed E-state index contributed by atoms with van der Waals surface area (Å²) in [6, 6.07) is 9.83. The summed E-state index contributed by atoms with van der Waals surface area (Å²) in [5.74, 6) is -2.54. The van der Waals surface area contributed by atoms with Gasteiger partial charge in [0, 0.05) is 76.3 Å². The number of aromatic hydroxyl groups is 1. The number of alkyl halides is 3. The molecule has 1 fully saturated rings. The first-order valence-electron chi connectivity index (χ1n) is 16.5. The smallest absolute Gasteiger partial charge is 0.490 e. The number of phenolic OH excluding ortho intramolecular Hbond substituents is 1. The molecule has 0 aliphatic carbocycles. The Labute approximate surface area is 287 Å². The molecular formula is C35H44F3N5O7. The van der Waals surface area contributed by atoms with Crippen LogP contribution < -0.4 is 16.2 Å². The third-order valence-corrected chi connectivity index (χ3v) is 8.88. The van der Waals surface area contributed by atoms with Gasteiger partial charge < -0.3 is 40.4 Å². The molecule has 3 aromatic rings. The second kappa shape index (κ2) is 17.0. The predicted molar refractivity (Wildman–Crippen MR) is 181 cm³/mol. The number of aryl methyl sites for hydroxylation is 2. The van der Waals surface area contributed by atoms with E-state index in [2.05, 4.69) is 20.4 Å². The lowest BCUT2D eigenvalue weighted by Crippen LogP contribution is -2.41. The number of carbonyl (C=O) groups is 3. The third-order valence-electron chi connectivity index (χ3n) is 8.88. The van der Waals surface area contributed by atoms with Gasteiger partial charge in [0.1, 0.15) is 11.9 Å². The fourth-order valence-corrected chi connectivity index (χ4v) is 5.93. The summed E-state index contributed by atoms with van der Waals surface area (Å²) in [7, 11) is 1.66. The molecular weight excluding hydrogens is 659 g/mol. The van der Waals surface area contributed by atoms with Crippen molar-refractivity contribution >= 4 is 34.4 Å². The van der Waals surface area contributed by atoms with Crippen LogP contribution in [0.25, 0.3) is 10.9 Å². The van der Waals surface area contributed by atoms with Gasteiger partial charge in [0.15, 0.2) is 0 Å². The molecule has 12 nitrogen and oxygen atoms in total. The van der Waals surface area contributed by atoms with Crippen LogP contribution in [-0.2, 0) is 25.7 Å². The van der Waals surface area contributed by atoms with Crippen LogP contribution in [0.15, 0.2) is 41.2 Å². The fraction of sp³-hybridized carbons (Fsp3) is 0.486. The molecule has 1 aliphatic heterocycles. The highest BCUT2D eigenvalue weighted by Gasteiger charge is 2.42. The summed E-state index contributed by atoms with van der Waals surface area (Å²) in [6.07, 6.45) is -5.25. The van der Waals surface area contributed by atoms with Gasteiger partial charge in [0.2, 0.25) is 17.4 Å². The van der Waals surface area contributed by atoms with Gasteiger partial charge in [0.25, 0.3) is 0 Å². The molecule has 4 rings (SSSR count). The van der Waals surface area contributed by atoms with Crippen molar-refractivity contribution in [2.45, 2.75) is 70.9 Å². The fourth-order valence-electron chi connectivity index (χ4n) is 5.93. The van der Waals surface area contributed by atoms with Crippen molar-refractivity contribution < 1.29 is 42.5 Å². The van der Waals surface area contributed by atoms with Crippen LogP contribution in [0.5, 0.6) is 5.75 Å². The average molecular weight is 704 g/mol. The van der Waals surface area contributed by atoms with Crippen molar-refractivity contribution in [2.24, 2.45) is 0 Å². The number of amides is 2. The molecule has 272 valence electrons. The molecule has 0 bridgehead atoms. The van der Waals surface area contributed by atoms with Crippen LogP contribution in [0.3, 0.4) is 0 Å². The number of ether oxygens (including phenoxy) is 1. The molecule has 0 spiro atoms. The molecule has 0 saturated carbocycles. The summed E-state index contributed by atoms with van der Waals surface area (Å²) in [6.45, 7) is 6.17. The molecule has 5 N–H and O–H groups in total. The van der Waals surface area contributed by atoms with E-state index >= 15 is 0 Å². The van der Waals surface area contributed by atoms with Gasteiger partial charge in [-0.3, -0.25) is 14.4 Å². The van der Waals surface area contributed by atoms with E-state index in [-0.39, 0.29) is 60.9 Å². The summed E-state index contributed by atoms with van der Waals surface area (Å²) in [5, 5.41) is 27.7. The van der Waals surface area contributed by atoms with Gasteiger partial charge in [-0.1, -0.05) is 12.1 Å². The number of anilines is 1. The SMILES string of the molecule is Cc1cc(NC(=O)CCCN(C)C(=O)CCN2CCC(OC(=O)C(F)(F)F)CC2)c(C)cc1CNC[C@H](O)c1ccc(O)c2[nH]c(=O)ccc12. The number of benzene rings is 2. The van der Waals surface area contributed by atoms with Gasteiger partial charge in [-0.2, -0.15) is 13.2 Å². The molecule has 2 heterocycles. The Bertz CT molecular complexity index is 1740. The number of piperidine rings is 1. The first-order chi connectivity index (χ1) is 23.6. The number of aliphatic hydroxyl groups excluding tert-OH is 1. The molecule has 0 radical (unpaired) electrons. The van der Waals surface area contributed by atoms with E-state index in [1.54, 1.807) is 24.1 Å². The monoisotopic (exact) mass is 703 g/mol. The molecule has 1 aliphatic rings. The number of hydrogen-bond acceptors (Lipinski definition) is 9. The van der Waals surface area contributed by atoms with Crippen LogP contribution in [0, 0.1) is 13.8 Å². The van der Waals surface area contributed by atoms with Crippen molar-refractivity contribution in [1.29, 1.82) is 0 Å². The van der Waals surface area contributed by atoms with Crippen molar-refractivity contribution in [2.75, 3.05) is 45.1 Å². The second-order valence-electron chi connectivity index (χ2n) is 12.7. The van der Waals surface area contributed by atoms with E-state index in [1.165, 1.54) is 12.1 Å². The maximum absolute atomic E-state index is 12.7. The lowest BCUT2D eigenvalue weighted by atomic mass is 10.0. The molecule has 1 atom stereocenters. The topological polar surface area (TPSA) is 164 Å². The number of phenols is 1. The summed E-state index contributed by atoms with van der Waals surface area (Å²) >= 11 is 0. The molecule has 2 amide bonds. The zero-order chi connectivity index (χ0) is 36.6. The summed E-state index contributed by atoms with van der Waals surface area (Å²) in [4.78, 5) is 54.1. The minimum atomic E-state index is -5.01. The predicted octanol–water partition coefficient (Wildman–Crippen LogP) is 3.81. The molecule has 50 heavy (non-hydrogen) atoms. The van der Waals surface area contributed by atoms with Gasteiger partial charge >= 0.3 is 12.1 Å². The number of fused-ring (bicyclic) bond motifs is 1. The Morgan fingerprint density at radius 1 is 1.08 bits per heavy atom. The second-order valence-corrected chi connectivity index (χ2v) is 12.7. The van der Waals surface area contributed by atoms with Crippen molar-refractivity contribution in [1.82, 2.24) is 20.1 Å². The maximum Gasteiger partial charge on any atom is 0.490 e. The van der Waals surface area contributed by atoms with Crippen molar-refractivity contribution in [3.63, 3.8) is 0 Å². The number of rotatable bonds is 14. The number of halogens is 3. The minimum Gasteiger partial charge on any atom is -0.506 e. The number of esters is 1. The summed E-state index contributed by atoms with van der Waals surface area (Å²) in [5.41, 5.74) is 3.96. The summed E-state index contributed by atoms with van der Waals surface area (Å²) < 4.78 is 41.7. The van der Waals surface area contributed by atoms with E-state index in [0.717, 1.165) is 16.7 Å². The van der Waals surface area contributed by atoms with E-state index < -0.39 is 24.4 Å². The molecule has 2 aromatic carbocycles. The highest BCUT2D eigenvalue weighted by molar-refractivity contribution is 5.91. The number of H-pyrrole nitrogens is 1. The van der Waals surface area contributed by atoms with E-state index in [9.17, 15) is 42.6 Å². The number of carbonyl (C=O) groups excluding carboxylic acids is 3. The van der Waals surface area contributed by atoms with Gasteiger partial charge in [-0.25, -0.2) is 4.79 Å². The van der Waals surface area contributed by atoms with Gasteiger partial charge in [-0.15, -0.1) is 0 Å². The number of nitrogens with zero attached hydrogens (tertiary/aromatic N) is 2. The first kappa shape index (κ1) is 38.3. The van der Waals surface area contributed by atoms with Crippen molar-refractivity contribution in [3.05, 3.63) is 69.0 Å². The van der Waals surface area contributed by atoms with Crippen molar-refractivity contribution in [3.8, 4) is 5.75 Å². The zero-order valence-electron chi connectivity index (χ0n) is 28.4. The van der Waals surface area contributed by atoms with Crippen LogP contribution >= 0.6 is 0 Å². The standard InChI is InChI=1S/C35H44F3N5O7/c1-21-18-27(22(2)17-23(21)19-39-20-29(45)25-6-8-28(44)33-26(25)7-9-31(47)41-33)40-30(46)5-4-13-42(3)32(48)12-16-43-14-10-24(11-15-43)50-34(49)35(36,37)38/h6-9,17-18,24,29,39,44-45H,4-5,10-16,19-20H2,1-3H3,(H,40,46)(H,41,47)/t29-/m0/s1. The van der Waals surface area contributed by atoms with E-state index in [4.69, 9.17) is 0 Å². The number of aliphatic hydroxyl groups is 1. The Balaban J connectivity index is 1.16. The molecule has 1 saturated heterocycles. The Kier molecular flexibility index (Phi) is 13.0.